The van der Waals surface area contributed by atoms with Crippen molar-refractivity contribution in [3.05, 3.63) is 48.0 Å². The lowest BCUT2D eigenvalue weighted by Gasteiger charge is -2.35. The van der Waals surface area contributed by atoms with E-state index in [4.69, 9.17) is 4.74 Å². The molecule has 0 saturated carbocycles. The Morgan fingerprint density at radius 3 is 2.80 bits per heavy atom. The molecule has 0 aliphatic carbocycles. The fraction of sp³-hybridized carbons (Fsp3) is 0.389. The molecule has 0 atom stereocenters. The Hall–Kier alpha value is -2.67. The molecule has 1 saturated heterocycles. The molecule has 0 radical (unpaired) electrons. The van der Waals surface area contributed by atoms with Crippen LogP contribution in [0.2, 0.25) is 0 Å². The van der Waals surface area contributed by atoms with Gasteiger partial charge in [0.2, 0.25) is 5.88 Å². The predicted octanol–water partition coefficient (Wildman–Crippen LogP) is 1.76. The van der Waals surface area contributed by atoms with E-state index in [1.165, 1.54) is 0 Å². The number of pyridine rings is 1. The van der Waals surface area contributed by atoms with Crippen molar-refractivity contribution in [1.29, 1.82) is 0 Å². The summed E-state index contributed by atoms with van der Waals surface area (Å²) in [5.41, 5.74) is 3.12. The van der Waals surface area contributed by atoms with Crippen LogP contribution in [0.25, 0.3) is 5.52 Å². The molecule has 3 aromatic rings. The highest BCUT2D eigenvalue weighted by Gasteiger charge is 2.20. The molecule has 0 aromatic carbocycles. The number of fused-ring (bicyclic) bond motifs is 1. The van der Waals surface area contributed by atoms with Gasteiger partial charge in [-0.15, -0.1) is 0 Å². The van der Waals surface area contributed by atoms with Gasteiger partial charge in [0.05, 0.1) is 18.5 Å². The number of anilines is 1. The second kappa shape index (κ2) is 6.68. The van der Waals surface area contributed by atoms with Crippen molar-refractivity contribution in [3.63, 3.8) is 0 Å². The largest absolute Gasteiger partial charge is 0.481 e. The minimum atomic E-state index is 0.670. The molecule has 130 valence electrons. The van der Waals surface area contributed by atoms with Crippen LogP contribution >= 0.6 is 0 Å². The quantitative estimate of drug-likeness (QED) is 0.722. The number of ether oxygens (including phenoxy) is 1. The standard InChI is InChI=1S/C18H22N6O/c1-14-12-16-18(19-6-7-24(16)21-14)23-10-8-22(9-11-23)13-15-4-3-5-17(20-15)25-2/h3-7,12H,8-11,13H2,1-2H3. The molecule has 0 amide bonds. The van der Waals surface area contributed by atoms with Crippen LogP contribution < -0.4 is 9.64 Å². The van der Waals surface area contributed by atoms with Gasteiger partial charge in [0.15, 0.2) is 5.82 Å². The van der Waals surface area contributed by atoms with Gasteiger partial charge in [0, 0.05) is 51.2 Å². The molecule has 7 heteroatoms. The summed E-state index contributed by atoms with van der Waals surface area (Å²) in [4.78, 5) is 13.9. The fourth-order valence-corrected chi connectivity index (χ4v) is 3.28. The summed E-state index contributed by atoms with van der Waals surface area (Å²) in [5.74, 6) is 1.69. The van der Waals surface area contributed by atoms with Crippen LogP contribution in [-0.2, 0) is 6.54 Å². The maximum Gasteiger partial charge on any atom is 0.213 e. The Morgan fingerprint density at radius 1 is 1.16 bits per heavy atom. The smallest absolute Gasteiger partial charge is 0.213 e. The molecule has 4 heterocycles. The highest BCUT2D eigenvalue weighted by molar-refractivity contribution is 5.69. The molecule has 1 fully saturated rings. The SMILES string of the molecule is COc1cccc(CN2CCN(c3nccn4nc(C)cc34)CC2)n1. The lowest BCUT2D eigenvalue weighted by Crippen LogP contribution is -2.46. The Balaban J connectivity index is 1.44. The Bertz CT molecular complexity index is 869. The zero-order chi connectivity index (χ0) is 17.2. The molecule has 25 heavy (non-hydrogen) atoms. The van der Waals surface area contributed by atoms with E-state index in [0.29, 0.717) is 5.88 Å². The van der Waals surface area contributed by atoms with Gasteiger partial charge in [-0.25, -0.2) is 14.5 Å². The van der Waals surface area contributed by atoms with Crippen molar-refractivity contribution in [1.82, 2.24) is 24.5 Å². The molecular formula is C18H22N6O. The second-order valence-electron chi connectivity index (χ2n) is 6.30. The first kappa shape index (κ1) is 15.8. The summed E-state index contributed by atoms with van der Waals surface area (Å²) in [7, 11) is 1.65. The average Bonchev–Trinajstić information content (AvgIpc) is 3.03. The normalized spacial score (nSPS) is 15.7. The van der Waals surface area contributed by atoms with E-state index in [2.05, 4.69) is 30.9 Å². The Morgan fingerprint density at radius 2 is 2.00 bits per heavy atom. The van der Waals surface area contributed by atoms with E-state index in [1.54, 1.807) is 7.11 Å². The van der Waals surface area contributed by atoms with Gasteiger partial charge in [-0.3, -0.25) is 4.90 Å². The van der Waals surface area contributed by atoms with E-state index < -0.39 is 0 Å². The van der Waals surface area contributed by atoms with E-state index in [1.807, 2.05) is 42.0 Å². The van der Waals surface area contributed by atoms with E-state index in [-0.39, 0.29) is 0 Å². The lowest BCUT2D eigenvalue weighted by atomic mass is 10.2. The number of aromatic nitrogens is 4. The third-order valence-corrected chi connectivity index (χ3v) is 4.54. The highest BCUT2D eigenvalue weighted by Crippen LogP contribution is 2.21. The minimum absolute atomic E-state index is 0.670. The number of aryl methyl sites for hydroxylation is 1. The summed E-state index contributed by atoms with van der Waals surface area (Å²) in [6.07, 6.45) is 3.72. The first-order valence-corrected chi connectivity index (χ1v) is 8.51. The van der Waals surface area contributed by atoms with Crippen LogP contribution in [0.15, 0.2) is 36.7 Å². The third-order valence-electron chi connectivity index (χ3n) is 4.54. The molecule has 7 nitrogen and oxygen atoms in total. The molecule has 0 N–H and O–H groups in total. The third kappa shape index (κ3) is 3.28. The van der Waals surface area contributed by atoms with E-state index in [9.17, 15) is 0 Å². The van der Waals surface area contributed by atoms with Crippen LogP contribution in [0, 0.1) is 6.92 Å². The molecule has 0 unspecified atom stereocenters. The maximum absolute atomic E-state index is 5.21. The Kier molecular flexibility index (Phi) is 4.23. The zero-order valence-electron chi connectivity index (χ0n) is 14.6. The predicted molar refractivity (Wildman–Crippen MR) is 96.0 cm³/mol. The van der Waals surface area contributed by atoms with Gasteiger partial charge in [-0.05, 0) is 19.1 Å². The number of hydrogen-bond acceptors (Lipinski definition) is 6. The Labute approximate surface area is 146 Å². The summed E-state index contributed by atoms with van der Waals surface area (Å²) < 4.78 is 7.11. The van der Waals surface area contributed by atoms with Gasteiger partial charge in [-0.1, -0.05) is 6.07 Å². The van der Waals surface area contributed by atoms with Gasteiger partial charge < -0.3 is 9.64 Å². The summed E-state index contributed by atoms with van der Waals surface area (Å²) >= 11 is 0. The minimum Gasteiger partial charge on any atom is -0.481 e. The molecule has 0 spiro atoms. The number of rotatable bonds is 4. The van der Waals surface area contributed by atoms with Crippen LogP contribution in [-0.4, -0.2) is 57.8 Å². The molecule has 0 bridgehead atoms. The van der Waals surface area contributed by atoms with Crippen LogP contribution in [0.4, 0.5) is 5.82 Å². The molecule has 3 aromatic heterocycles. The molecule has 1 aliphatic heterocycles. The van der Waals surface area contributed by atoms with Gasteiger partial charge >= 0.3 is 0 Å². The van der Waals surface area contributed by atoms with Gasteiger partial charge in [-0.2, -0.15) is 5.10 Å². The number of piperazine rings is 1. The van der Waals surface area contributed by atoms with Crippen LogP contribution in [0.3, 0.4) is 0 Å². The number of hydrogen-bond donors (Lipinski definition) is 0. The number of nitrogens with zero attached hydrogens (tertiary/aromatic N) is 6. The zero-order valence-corrected chi connectivity index (χ0v) is 14.6. The number of methoxy groups -OCH3 is 1. The van der Waals surface area contributed by atoms with Crippen molar-refractivity contribution in [2.24, 2.45) is 0 Å². The van der Waals surface area contributed by atoms with Crippen molar-refractivity contribution >= 4 is 11.3 Å². The maximum atomic E-state index is 5.21. The van der Waals surface area contributed by atoms with Crippen molar-refractivity contribution in [2.45, 2.75) is 13.5 Å². The molecule has 1 aliphatic rings. The van der Waals surface area contributed by atoms with Gasteiger partial charge in [0.1, 0.15) is 5.52 Å². The fourth-order valence-electron chi connectivity index (χ4n) is 3.28. The second-order valence-corrected chi connectivity index (χ2v) is 6.30. The lowest BCUT2D eigenvalue weighted by molar-refractivity contribution is 0.245. The monoisotopic (exact) mass is 338 g/mol. The summed E-state index contributed by atoms with van der Waals surface area (Å²) in [5, 5.41) is 4.48. The van der Waals surface area contributed by atoms with E-state index in [0.717, 1.165) is 55.4 Å². The molecular weight excluding hydrogens is 316 g/mol. The first-order chi connectivity index (χ1) is 12.2. The van der Waals surface area contributed by atoms with Crippen molar-refractivity contribution in [2.75, 3.05) is 38.2 Å². The van der Waals surface area contributed by atoms with Crippen LogP contribution in [0.1, 0.15) is 11.4 Å². The summed E-state index contributed by atoms with van der Waals surface area (Å²) in [6.45, 7) is 6.70. The molecule has 4 rings (SSSR count). The first-order valence-electron chi connectivity index (χ1n) is 8.51. The van der Waals surface area contributed by atoms with Crippen molar-refractivity contribution < 1.29 is 4.74 Å². The van der Waals surface area contributed by atoms with Crippen molar-refractivity contribution in [3.8, 4) is 5.88 Å². The van der Waals surface area contributed by atoms with E-state index >= 15 is 0 Å². The van der Waals surface area contributed by atoms with Gasteiger partial charge in [0.25, 0.3) is 0 Å². The average molecular weight is 338 g/mol. The summed E-state index contributed by atoms with van der Waals surface area (Å²) in [6, 6.07) is 8.01. The topological polar surface area (TPSA) is 58.8 Å². The van der Waals surface area contributed by atoms with Crippen LogP contribution in [0.5, 0.6) is 5.88 Å². The highest BCUT2D eigenvalue weighted by atomic mass is 16.5.